The third-order valence-corrected chi connectivity index (χ3v) is 10.7. The molecule has 0 spiro atoms. The van der Waals surface area contributed by atoms with Crippen molar-refractivity contribution in [3.8, 4) is 11.4 Å². The van der Waals surface area contributed by atoms with Gasteiger partial charge >= 0.3 is 0 Å². The Balaban J connectivity index is 2.00. The number of hydrogen-bond acceptors (Lipinski definition) is 1. The highest BCUT2D eigenvalue weighted by atomic mass is 31.2. The minimum atomic E-state index is -1.14. The van der Waals surface area contributed by atoms with E-state index in [4.69, 9.17) is 9.97 Å². The average Bonchev–Trinajstić information content (AvgIpc) is 3.18. The van der Waals surface area contributed by atoms with Gasteiger partial charge in [0.1, 0.15) is 0 Å². The van der Waals surface area contributed by atoms with E-state index >= 15 is 0 Å². The zero-order valence-electron chi connectivity index (χ0n) is 17.8. The predicted molar refractivity (Wildman–Crippen MR) is 126 cm³/mol. The Morgan fingerprint density at radius 1 is 0.786 bits per heavy atom. The van der Waals surface area contributed by atoms with Crippen molar-refractivity contribution < 1.29 is 0 Å². The third kappa shape index (κ3) is 4.84. The number of para-hydroxylation sites is 2. The summed E-state index contributed by atoms with van der Waals surface area (Å²) < 4.78 is 0. The number of nitrogens with zero attached hydrogens (tertiary/aromatic N) is 2. The first-order valence-corrected chi connectivity index (χ1v) is 13.4. The Hall–Kier alpha value is -1.66. The van der Waals surface area contributed by atoms with Crippen LogP contribution in [-0.4, -0.2) is 23.5 Å². The summed E-state index contributed by atoms with van der Waals surface area (Å²) in [6.45, 7) is 6.98. The summed E-state index contributed by atoms with van der Waals surface area (Å²) in [6, 6.07) is 17.4. The normalized spacial score (nSPS) is 12.0. The first-order chi connectivity index (χ1) is 13.7. The number of rotatable bonds is 11. The van der Waals surface area contributed by atoms with E-state index in [1.165, 1.54) is 62.6 Å². The van der Waals surface area contributed by atoms with Crippen molar-refractivity contribution in [1.29, 1.82) is 0 Å². The molecule has 0 aliphatic heterocycles. The van der Waals surface area contributed by atoms with Crippen LogP contribution in [0, 0.1) is 0 Å². The van der Waals surface area contributed by atoms with Crippen LogP contribution in [0.3, 0.4) is 0 Å². The minimum Gasteiger partial charge on any atom is -0.435 e. The molecule has 1 heterocycles. The van der Waals surface area contributed by atoms with Gasteiger partial charge in [-0.15, -0.1) is 0 Å². The standard InChI is InChI=1S/C25H35N2P/c1-4-7-17-28(18-8-5-2,19-9-6-3)22-14-12-13-21(20-22)25-26-23-15-10-11-16-24(23)27-25/h10-16,20H,4-9,17-19H2,1-3H3. The van der Waals surface area contributed by atoms with Crippen molar-refractivity contribution in [3.05, 3.63) is 48.5 Å². The van der Waals surface area contributed by atoms with Crippen LogP contribution >= 0.6 is 7.26 Å². The lowest BCUT2D eigenvalue weighted by Gasteiger charge is -2.28. The van der Waals surface area contributed by atoms with Crippen LogP contribution in [-0.2, 0) is 0 Å². The summed E-state index contributed by atoms with van der Waals surface area (Å²) in [6.07, 6.45) is 12.1. The molecule has 150 valence electrons. The van der Waals surface area contributed by atoms with Crippen LogP contribution in [0.2, 0.25) is 0 Å². The molecule has 0 radical (unpaired) electrons. The number of aromatic nitrogens is 2. The Kier molecular flexibility index (Phi) is 7.68. The number of unbranched alkanes of at least 4 members (excludes halogenated alkanes) is 3. The molecule has 1 aromatic heterocycles. The number of imidazole rings is 1. The Labute approximate surface area is 171 Å². The number of hydrogen-bond donors (Lipinski definition) is 0. The van der Waals surface area contributed by atoms with Crippen molar-refractivity contribution in [3.63, 3.8) is 0 Å². The smallest absolute Gasteiger partial charge is 0.0945 e. The fourth-order valence-electron chi connectivity index (χ4n) is 4.08. The van der Waals surface area contributed by atoms with Gasteiger partial charge in [0.05, 0.1) is 23.8 Å². The van der Waals surface area contributed by atoms with Crippen molar-refractivity contribution in [1.82, 2.24) is 9.97 Å². The van der Waals surface area contributed by atoms with E-state index < -0.39 is 7.26 Å². The maximum Gasteiger partial charge on any atom is 0.0945 e. The highest BCUT2D eigenvalue weighted by Gasteiger charge is 2.38. The molecule has 2 nitrogen and oxygen atoms in total. The van der Waals surface area contributed by atoms with Crippen molar-refractivity contribution >= 4 is 23.6 Å². The quantitative estimate of drug-likeness (QED) is 0.331. The summed E-state index contributed by atoms with van der Waals surface area (Å²) in [7, 11) is -1.14. The van der Waals surface area contributed by atoms with Gasteiger partial charge in [-0.25, -0.2) is 0 Å². The second-order valence-corrected chi connectivity index (χ2v) is 12.1. The van der Waals surface area contributed by atoms with E-state index in [0.717, 1.165) is 16.9 Å². The van der Waals surface area contributed by atoms with Crippen LogP contribution in [0.15, 0.2) is 48.5 Å². The number of fused-ring (bicyclic) bond motifs is 1. The van der Waals surface area contributed by atoms with Gasteiger partial charge in [-0.3, -0.25) is 0 Å². The fraction of sp³-hybridized carbons (Fsp3) is 0.480. The predicted octanol–water partition coefficient (Wildman–Crippen LogP) is 6.90. The van der Waals surface area contributed by atoms with Crippen LogP contribution in [0.25, 0.3) is 22.4 Å². The lowest BCUT2D eigenvalue weighted by molar-refractivity contribution is 0.841. The Morgan fingerprint density at radius 2 is 1.43 bits per heavy atom. The lowest BCUT2D eigenvalue weighted by Crippen LogP contribution is -2.21. The summed E-state index contributed by atoms with van der Waals surface area (Å²) in [4.78, 5) is 9.59. The maximum absolute atomic E-state index is 4.79. The van der Waals surface area contributed by atoms with E-state index in [9.17, 15) is 0 Å². The highest BCUT2D eigenvalue weighted by molar-refractivity contribution is 7.82. The van der Waals surface area contributed by atoms with Gasteiger partial charge in [-0.05, 0) is 48.0 Å². The molecule has 0 amide bonds. The van der Waals surface area contributed by atoms with E-state index in [1.54, 1.807) is 5.30 Å². The SMILES string of the molecule is CCCC[P+](CCCC)(CCCC)c1cccc(-c2nc3ccccc3[n-]2)c1. The summed E-state index contributed by atoms with van der Waals surface area (Å²) >= 11 is 0. The molecule has 0 fully saturated rings. The third-order valence-electron chi connectivity index (χ3n) is 5.81. The second kappa shape index (κ2) is 10.2. The molecule has 0 aliphatic rings. The average molecular weight is 395 g/mol. The maximum atomic E-state index is 4.79. The van der Waals surface area contributed by atoms with Crippen molar-refractivity contribution in [2.24, 2.45) is 0 Å². The molecule has 3 rings (SSSR count). The van der Waals surface area contributed by atoms with Crippen LogP contribution in [0.1, 0.15) is 59.3 Å². The molecule has 3 heteroatoms. The van der Waals surface area contributed by atoms with Crippen LogP contribution in [0.5, 0.6) is 0 Å². The molecule has 0 atom stereocenters. The van der Waals surface area contributed by atoms with Crippen molar-refractivity contribution in [2.75, 3.05) is 18.5 Å². The largest absolute Gasteiger partial charge is 0.435 e. The molecule has 3 aromatic rings. The van der Waals surface area contributed by atoms with E-state index in [1.807, 2.05) is 12.1 Å². The highest BCUT2D eigenvalue weighted by Crippen LogP contribution is 2.59. The lowest BCUT2D eigenvalue weighted by atomic mass is 10.2. The van der Waals surface area contributed by atoms with Gasteiger partial charge in [-0.1, -0.05) is 82.3 Å². The van der Waals surface area contributed by atoms with Gasteiger partial charge in [-0.2, -0.15) is 0 Å². The molecule has 0 N–H and O–H groups in total. The fourth-order valence-corrected chi connectivity index (χ4v) is 9.11. The summed E-state index contributed by atoms with van der Waals surface area (Å²) in [5, 5.41) is 1.61. The van der Waals surface area contributed by atoms with Gasteiger partial charge in [0.2, 0.25) is 0 Å². The molecule has 0 unspecified atom stereocenters. The summed E-state index contributed by atoms with van der Waals surface area (Å²) in [5.74, 6) is 0.877. The Morgan fingerprint density at radius 3 is 2.04 bits per heavy atom. The first-order valence-electron chi connectivity index (χ1n) is 11.1. The van der Waals surface area contributed by atoms with Gasteiger partial charge in [0.25, 0.3) is 0 Å². The van der Waals surface area contributed by atoms with E-state index in [0.29, 0.717) is 0 Å². The van der Waals surface area contributed by atoms with Gasteiger partial charge < -0.3 is 9.97 Å². The van der Waals surface area contributed by atoms with Gasteiger partial charge in [0.15, 0.2) is 0 Å². The molecule has 0 aliphatic carbocycles. The topological polar surface area (TPSA) is 27.0 Å². The van der Waals surface area contributed by atoms with Gasteiger partial charge in [0, 0.05) is 7.26 Å². The molecule has 0 saturated carbocycles. The van der Waals surface area contributed by atoms with E-state index in [2.05, 4.69) is 57.2 Å². The Bertz CT molecular complexity index is 813. The monoisotopic (exact) mass is 394 g/mol. The molecule has 0 bridgehead atoms. The zero-order chi connectivity index (χ0) is 19.8. The number of benzene rings is 2. The zero-order valence-corrected chi connectivity index (χ0v) is 18.7. The first kappa shape index (κ1) is 21.1. The van der Waals surface area contributed by atoms with Crippen LogP contribution < -0.4 is 10.3 Å². The molecular weight excluding hydrogens is 359 g/mol. The molecular formula is C25H35N2P. The second-order valence-electron chi connectivity index (χ2n) is 7.96. The molecule has 0 saturated heterocycles. The minimum absolute atomic E-state index is 0.877. The van der Waals surface area contributed by atoms with Crippen LogP contribution in [0.4, 0.5) is 0 Å². The molecule has 2 aromatic carbocycles. The molecule has 28 heavy (non-hydrogen) atoms. The van der Waals surface area contributed by atoms with Crippen molar-refractivity contribution in [2.45, 2.75) is 59.3 Å². The van der Waals surface area contributed by atoms with E-state index in [-0.39, 0.29) is 0 Å². The summed E-state index contributed by atoms with van der Waals surface area (Å²) in [5.41, 5.74) is 3.17.